The van der Waals surface area contributed by atoms with Crippen molar-refractivity contribution in [1.82, 2.24) is 0 Å². The highest BCUT2D eigenvalue weighted by Crippen LogP contribution is 2.22. The summed E-state index contributed by atoms with van der Waals surface area (Å²) in [5.41, 5.74) is 3.19. The van der Waals surface area contributed by atoms with Crippen LogP contribution >= 0.6 is 11.6 Å². The van der Waals surface area contributed by atoms with Gasteiger partial charge < -0.3 is 0 Å². The Labute approximate surface area is 83.7 Å². The third-order valence-corrected chi connectivity index (χ3v) is 2.33. The van der Waals surface area contributed by atoms with Gasteiger partial charge in [-0.2, -0.15) is 0 Å². The summed E-state index contributed by atoms with van der Waals surface area (Å²) in [6, 6.07) is 3.94. The first-order valence-electron chi connectivity index (χ1n) is 4.25. The van der Waals surface area contributed by atoms with Crippen LogP contribution in [0, 0.1) is 13.8 Å². The fraction of sp³-hybridized carbons (Fsp3) is 0.364. The monoisotopic (exact) mass is 196 g/mol. The highest BCUT2D eigenvalue weighted by molar-refractivity contribution is 6.31. The minimum atomic E-state index is 0.147. The molecule has 0 heterocycles. The topological polar surface area (TPSA) is 17.1 Å². The highest BCUT2D eigenvalue weighted by Gasteiger charge is 2.07. The molecule has 13 heavy (non-hydrogen) atoms. The lowest BCUT2D eigenvalue weighted by molar-refractivity contribution is -0.116. The molecule has 0 aliphatic rings. The zero-order valence-electron chi connectivity index (χ0n) is 8.15. The van der Waals surface area contributed by atoms with Crippen molar-refractivity contribution in [3.63, 3.8) is 0 Å². The fourth-order valence-corrected chi connectivity index (χ4v) is 1.81. The van der Waals surface area contributed by atoms with E-state index in [1.807, 2.05) is 26.0 Å². The van der Waals surface area contributed by atoms with Crippen LogP contribution in [0.3, 0.4) is 0 Å². The minimum Gasteiger partial charge on any atom is -0.300 e. The molecule has 0 aromatic heterocycles. The average molecular weight is 197 g/mol. The minimum absolute atomic E-state index is 0.147. The third kappa shape index (κ3) is 2.56. The van der Waals surface area contributed by atoms with Crippen LogP contribution in [-0.4, -0.2) is 5.78 Å². The molecule has 1 rings (SSSR count). The second kappa shape index (κ2) is 3.93. The van der Waals surface area contributed by atoms with Crippen LogP contribution in [0.1, 0.15) is 23.6 Å². The van der Waals surface area contributed by atoms with Gasteiger partial charge in [-0.25, -0.2) is 0 Å². The summed E-state index contributed by atoms with van der Waals surface area (Å²) in [6.45, 7) is 5.56. The smallest absolute Gasteiger partial charge is 0.134 e. The second-order valence-electron chi connectivity index (χ2n) is 3.42. The largest absolute Gasteiger partial charge is 0.300 e. The number of rotatable bonds is 2. The van der Waals surface area contributed by atoms with Crippen LogP contribution in [0.4, 0.5) is 0 Å². The Bertz CT molecular complexity index is 319. The Kier molecular flexibility index (Phi) is 3.10. The molecule has 1 nitrogen and oxygen atoms in total. The number of hydrogen-bond acceptors (Lipinski definition) is 1. The van der Waals surface area contributed by atoms with E-state index in [-0.39, 0.29) is 5.78 Å². The molecule has 1 aromatic carbocycles. The van der Waals surface area contributed by atoms with Crippen LogP contribution in [0.25, 0.3) is 0 Å². The van der Waals surface area contributed by atoms with Crippen molar-refractivity contribution in [2.75, 3.05) is 0 Å². The maximum atomic E-state index is 10.9. The van der Waals surface area contributed by atoms with E-state index in [9.17, 15) is 4.79 Å². The molecule has 0 aliphatic carbocycles. The molecule has 0 saturated carbocycles. The molecular weight excluding hydrogens is 184 g/mol. The predicted octanol–water partition coefficient (Wildman–Crippen LogP) is 3.09. The van der Waals surface area contributed by atoms with E-state index in [1.54, 1.807) is 6.92 Å². The van der Waals surface area contributed by atoms with Crippen molar-refractivity contribution in [3.8, 4) is 0 Å². The van der Waals surface area contributed by atoms with E-state index >= 15 is 0 Å². The molecule has 70 valence electrons. The predicted molar refractivity (Wildman–Crippen MR) is 55.3 cm³/mol. The van der Waals surface area contributed by atoms with E-state index in [0.29, 0.717) is 11.4 Å². The molecule has 0 N–H and O–H groups in total. The van der Waals surface area contributed by atoms with Crippen LogP contribution in [0.15, 0.2) is 12.1 Å². The van der Waals surface area contributed by atoms with Gasteiger partial charge in [0.15, 0.2) is 0 Å². The highest BCUT2D eigenvalue weighted by atomic mass is 35.5. The lowest BCUT2D eigenvalue weighted by Crippen LogP contribution is -2.00. The van der Waals surface area contributed by atoms with Gasteiger partial charge in [-0.15, -0.1) is 0 Å². The molecule has 0 radical (unpaired) electrons. The Hall–Kier alpha value is -0.820. The van der Waals surface area contributed by atoms with E-state index in [1.165, 1.54) is 0 Å². The molecule has 0 saturated heterocycles. The molecule has 0 unspecified atom stereocenters. The van der Waals surface area contributed by atoms with Gasteiger partial charge in [0.1, 0.15) is 5.78 Å². The van der Waals surface area contributed by atoms with Crippen molar-refractivity contribution >= 4 is 17.4 Å². The number of hydrogen-bond donors (Lipinski definition) is 0. The molecular formula is C11H13ClO. The first kappa shape index (κ1) is 10.3. The number of benzene rings is 1. The molecule has 2 heteroatoms. The van der Waals surface area contributed by atoms with Crippen molar-refractivity contribution in [1.29, 1.82) is 0 Å². The lowest BCUT2D eigenvalue weighted by Gasteiger charge is -2.07. The number of halogens is 1. The zero-order valence-corrected chi connectivity index (χ0v) is 8.90. The van der Waals surface area contributed by atoms with E-state index in [0.717, 1.165) is 16.7 Å². The van der Waals surface area contributed by atoms with Crippen molar-refractivity contribution in [2.45, 2.75) is 27.2 Å². The summed E-state index contributed by atoms with van der Waals surface area (Å²) < 4.78 is 0. The molecule has 1 aromatic rings. The van der Waals surface area contributed by atoms with Gasteiger partial charge in [0.2, 0.25) is 0 Å². The Morgan fingerprint density at radius 3 is 2.46 bits per heavy atom. The number of carbonyl (C=O) groups excluding carboxylic acids is 1. The lowest BCUT2D eigenvalue weighted by atomic mass is 10.0. The molecule has 0 spiro atoms. The Balaban J connectivity index is 3.13. The summed E-state index contributed by atoms with van der Waals surface area (Å²) in [6.07, 6.45) is 0.435. The van der Waals surface area contributed by atoms with Gasteiger partial charge in [0, 0.05) is 11.4 Å². The zero-order chi connectivity index (χ0) is 10.0. The van der Waals surface area contributed by atoms with Crippen LogP contribution in [0.5, 0.6) is 0 Å². The van der Waals surface area contributed by atoms with Gasteiger partial charge in [-0.1, -0.05) is 17.7 Å². The fourth-order valence-electron chi connectivity index (χ4n) is 1.42. The van der Waals surface area contributed by atoms with Gasteiger partial charge in [-0.05, 0) is 43.5 Å². The second-order valence-corrected chi connectivity index (χ2v) is 3.83. The van der Waals surface area contributed by atoms with Gasteiger partial charge in [0.05, 0.1) is 0 Å². The maximum Gasteiger partial charge on any atom is 0.134 e. The third-order valence-electron chi connectivity index (χ3n) is 1.99. The van der Waals surface area contributed by atoms with E-state index in [4.69, 9.17) is 11.6 Å². The molecule has 0 aliphatic heterocycles. The summed E-state index contributed by atoms with van der Waals surface area (Å²) in [7, 11) is 0. The van der Waals surface area contributed by atoms with Crippen molar-refractivity contribution < 1.29 is 4.79 Å². The van der Waals surface area contributed by atoms with Crippen LogP contribution in [0.2, 0.25) is 5.02 Å². The van der Waals surface area contributed by atoms with E-state index in [2.05, 4.69) is 0 Å². The summed E-state index contributed by atoms with van der Waals surface area (Å²) in [4.78, 5) is 10.9. The maximum absolute atomic E-state index is 10.9. The average Bonchev–Trinajstić information content (AvgIpc) is 1.96. The van der Waals surface area contributed by atoms with Gasteiger partial charge >= 0.3 is 0 Å². The number of aryl methyl sites for hydroxylation is 2. The van der Waals surface area contributed by atoms with Crippen LogP contribution < -0.4 is 0 Å². The number of ketones is 1. The van der Waals surface area contributed by atoms with Crippen molar-refractivity contribution in [2.24, 2.45) is 0 Å². The van der Waals surface area contributed by atoms with Crippen molar-refractivity contribution in [3.05, 3.63) is 33.8 Å². The standard InChI is InChI=1S/C11H13ClO/c1-7-4-8(2)10(6-9(3)13)11(12)5-7/h4-5H,6H2,1-3H3. The number of carbonyl (C=O) groups is 1. The summed E-state index contributed by atoms with van der Waals surface area (Å²) in [5.74, 6) is 0.147. The SMILES string of the molecule is CC(=O)Cc1c(C)cc(C)cc1Cl. The quantitative estimate of drug-likeness (QED) is 0.711. The molecule has 0 atom stereocenters. The van der Waals surface area contributed by atoms with E-state index < -0.39 is 0 Å². The van der Waals surface area contributed by atoms with Gasteiger partial charge in [-0.3, -0.25) is 4.79 Å². The molecule has 0 amide bonds. The first-order chi connectivity index (χ1) is 6.00. The normalized spacial score (nSPS) is 10.2. The van der Waals surface area contributed by atoms with Crippen LogP contribution in [-0.2, 0) is 11.2 Å². The molecule has 0 bridgehead atoms. The Morgan fingerprint density at radius 1 is 1.38 bits per heavy atom. The number of Topliss-reactive ketones (excluding diaryl/α,β-unsaturated/α-hetero) is 1. The summed E-state index contributed by atoms with van der Waals surface area (Å²) >= 11 is 6.03. The first-order valence-corrected chi connectivity index (χ1v) is 4.63. The Morgan fingerprint density at radius 2 is 2.00 bits per heavy atom. The summed E-state index contributed by atoms with van der Waals surface area (Å²) in [5, 5.41) is 0.702. The molecule has 0 fully saturated rings. The van der Waals surface area contributed by atoms with Gasteiger partial charge in [0.25, 0.3) is 0 Å².